The second-order valence-electron chi connectivity index (χ2n) is 10.4. The molecule has 11 heteroatoms. The highest BCUT2D eigenvalue weighted by atomic mass is 16.2. The molecule has 3 heterocycles. The third kappa shape index (κ3) is 5.29. The van der Waals surface area contributed by atoms with Gasteiger partial charge < -0.3 is 15.2 Å². The summed E-state index contributed by atoms with van der Waals surface area (Å²) in [7, 11) is 4.01. The summed E-state index contributed by atoms with van der Waals surface area (Å²) in [6.45, 7) is 0.765. The van der Waals surface area contributed by atoms with E-state index in [4.69, 9.17) is 0 Å². The van der Waals surface area contributed by atoms with Gasteiger partial charge in [-0.3, -0.25) is 9.78 Å². The fourth-order valence-electron chi connectivity index (χ4n) is 5.09. The molecule has 0 atom stereocenters. The lowest BCUT2D eigenvalue weighted by molar-refractivity contribution is 0.252. The zero-order valence-corrected chi connectivity index (χ0v) is 23.9. The normalized spacial score (nSPS) is 11.0. The van der Waals surface area contributed by atoms with Crippen LogP contribution in [0.4, 0.5) is 10.5 Å². The van der Waals surface area contributed by atoms with E-state index in [1.807, 2.05) is 62.6 Å². The highest BCUT2D eigenvalue weighted by molar-refractivity contribution is 5.93. The number of anilines is 1. The first-order valence-electron chi connectivity index (χ1n) is 13.7. The maximum Gasteiger partial charge on any atom is 0.337 e. The summed E-state index contributed by atoms with van der Waals surface area (Å²) in [6, 6.07) is 27.0. The zero-order valence-electron chi connectivity index (χ0n) is 23.9. The second-order valence-corrected chi connectivity index (χ2v) is 10.4. The van der Waals surface area contributed by atoms with E-state index in [2.05, 4.69) is 31.3 Å². The first-order valence-corrected chi connectivity index (χ1v) is 13.7. The average molecular weight is 583 g/mol. The SMILES string of the molecule is CN(C)Cc1ccccc1-c1ccc(NC(=O)n2c(=O)[nH]c3c(C#N)nn(-c4cccc(-c5cccnc5)c4)c3c2=O)cc1. The van der Waals surface area contributed by atoms with Crippen LogP contribution in [0.15, 0.2) is 107 Å². The van der Waals surface area contributed by atoms with Crippen LogP contribution >= 0.6 is 0 Å². The Morgan fingerprint density at radius 2 is 1.73 bits per heavy atom. The number of pyridine rings is 1. The number of rotatable bonds is 6. The van der Waals surface area contributed by atoms with E-state index >= 15 is 0 Å². The van der Waals surface area contributed by atoms with Crippen molar-refractivity contribution in [1.82, 2.24) is 29.2 Å². The molecule has 0 bridgehead atoms. The van der Waals surface area contributed by atoms with Gasteiger partial charge in [-0.15, -0.1) is 0 Å². The van der Waals surface area contributed by atoms with Gasteiger partial charge in [-0.25, -0.2) is 14.3 Å². The van der Waals surface area contributed by atoms with Crippen molar-refractivity contribution < 1.29 is 4.79 Å². The maximum absolute atomic E-state index is 13.7. The monoisotopic (exact) mass is 582 g/mol. The molecule has 0 unspecified atom stereocenters. The number of fused-ring (bicyclic) bond motifs is 1. The molecule has 0 aliphatic heterocycles. The molecule has 0 aliphatic carbocycles. The van der Waals surface area contributed by atoms with Crippen LogP contribution in [-0.4, -0.2) is 49.3 Å². The minimum Gasteiger partial charge on any atom is -0.307 e. The van der Waals surface area contributed by atoms with E-state index in [0.717, 1.165) is 34.4 Å². The van der Waals surface area contributed by atoms with Gasteiger partial charge in [-0.1, -0.05) is 54.6 Å². The lowest BCUT2D eigenvalue weighted by Crippen LogP contribution is -2.42. The molecule has 216 valence electrons. The van der Waals surface area contributed by atoms with Crippen molar-refractivity contribution >= 4 is 22.8 Å². The summed E-state index contributed by atoms with van der Waals surface area (Å²) in [6.07, 6.45) is 3.36. The number of hydrogen-bond donors (Lipinski definition) is 2. The molecule has 0 fully saturated rings. The van der Waals surface area contributed by atoms with Crippen molar-refractivity contribution in [2.75, 3.05) is 19.4 Å². The van der Waals surface area contributed by atoms with E-state index in [0.29, 0.717) is 15.9 Å². The Balaban J connectivity index is 1.36. The summed E-state index contributed by atoms with van der Waals surface area (Å²) in [5.74, 6) is 0. The van der Waals surface area contributed by atoms with E-state index in [-0.39, 0.29) is 16.7 Å². The van der Waals surface area contributed by atoms with Gasteiger partial charge in [0.1, 0.15) is 11.6 Å². The summed E-state index contributed by atoms with van der Waals surface area (Å²) in [4.78, 5) is 48.8. The van der Waals surface area contributed by atoms with Crippen LogP contribution in [0.25, 0.3) is 39.0 Å². The van der Waals surface area contributed by atoms with E-state index < -0.39 is 17.3 Å². The fourth-order valence-corrected chi connectivity index (χ4v) is 5.09. The van der Waals surface area contributed by atoms with Crippen LogP contribution in [0.5, 0.6) is 0 Å². The van der Waals surface area contributed by atoms with E-state index in [1.54, 1.807) is 48.8 Å². The Kier molecular flexibility index (Phi) is 7.41. The van der Waals surface area contributed by atoms with Gasteiger partial charge in [0.15, 0.2) is 11.2 Å². The molecule has 11 nitrogen and oxygen atoms in total. The second kappa shape index (κ2) is 11.6. The summed E-state index contributed by atoms with van der Waals surface area (Å²) < 4.78 is 1.72. The van der Waals surface area contributed by atoms with Crippen LogP contribution in [0.3, 0.4) is 0 Å². The molecule has 3 aromatic heterocycles. The lowest BCUT2D eigenvalue weighted by Gasteiger charge is -2.15. The Labute approximate surface area is 251 Å². The maximum atomic E-state index is 13.7. The minimum atomic E-state index is -0.991. The molecule has 0 radical (unpaired) electrons. The third-order valence-electron chi connectivity index (χ3n) is 7.07. The highest BCUT2D eigenvalue weighted by Gasteiger charge is 2.22. The number of aromatic amines is 1. The number of nitrogens with zero attached hydrogens (tertiary/aromatic N) is 6. The summed E-state index contributed by atoms with van der Waals surface area (Å²) in [5, 5.41) is 16.6. The predicted octanol–water partition coefficient (Wildman–Crippen LogP) is 4.62. The summed E-state index contributed by atoms with van der Waals surface area (Å²) in [5.41, 5.74) is 3.42. The van der Waals surface area contributed by atoms with Crippen molar-refractivity contribution in [3.8, 4) is 34.0 Å². The van der Waals surface area contributed by atoms with Gasteiger partial charge in [-0.05, 0) is 66.7 Å². The molecular weight excluding hydrogens is 556 g/mol. The standard InChI is InChI=1S/C33H26N8O3/c1-39(2)20-24-7-3-4-11-27(24)21-12-14-25(15-13-21)36-32(43)40-31(42)30-29(37-33(40)44)28(18-34)38-41(30)26-10-5-8-22(17-26)23-9-6-16-35-19-23/h3-17,19H,20H2,1-2H3,(H,36,43)(H,37,44). The van der Waals surface area contributed by atoms with Gasteiger partial charge in [0, 0.05) is 30.2 Å². The predicted molar refractivity (Wildman–Crippen MR) is 168 cm³/mol. The van der Waals surface area contributed by atoms with E-state index in [9.17, 15) is 19.6 Å². The van der Waals surface area contributed by atoms with Gasteiger partial charge in [0.25, 0.3) is 5.56 Å². The number of amides is 1. The van der Waals surface area contributed by atoms with Crippen LogP contribution in [0.1, 0.15) is 11.3 Å². The first kappa shape index (κ1) is 28.0. The molecule has 0 aliphatic rings. The molecule has 2 N–H and O–H groups in total. The smallest absolute Gasteiger partial charge is 0.307 e. The van der Waals surface area contributed by atoms with Crippen LogP contribution < -0.4 is 16.6 Å². The van der Waals surface area contributed by atoms with Gasteiger partial charge in [0.2, 0.25) is 0 Å². The van der Waals surface area contributed by atoms with Crippen LogP contribution in [0, 0.1) is 11.3 Å². The minimum absolute atomic E-state index is 0.0564. The average Bonchev–Trinajstić information content (AvgIpc) is 3.41. The lowest BCUT2D eigenvalue weighted by atomic mass is 9.99. The van der Waals surface area contributed by atoms with Crippen LogP contribution in [0.2, 0.25) is 0 Å². The zero-order chi connectivity index (χ0) is 30.8. The molecule has 6 rings (SSSR count). The van der Waals surface area contributed by atoms with Crippen molar-refractivity contribution in [2.24, 2.45) is 0 Å². The molecular formula is C33H26N8O3. The van der Waals surface area contributed by atoms with Crippen LogP contribution in [-0.2, 0) is 6.54 Å². The number of aromatic nitrogens is 5. The number of hydrogen-bond acceptors (Lipinski definition) is 7. The van der Waals surface area contributed by atoms with Crippen molar-refractivity contribution in [3.05, 3.63) is 129 Å². The molecule has 0 saturated heterocycles. The number of nitrogens with one attached hydrogen (secondary N) is 2. The van der Waals surface area contributed by atoms with Gasteiger partial charge in [-0.2, -0.15) is 14.9 Å². The van der Waals surface area contributed by atoms with E-state index in [1.165, 1.54) is 4.68 Å². The largest absolute Gasteiger partial charge is 0.337 e. The van der Waals surface area contributed by atoms with Crippen molar-refractivity contribution in [1.29, 1.82) is 5.26 Å². The molecule has 0 spiro atoms. The van der Waals surface area contributed by atoms with Crippen molar-refractivity contribution in [3.63, 3.8) is 0 Å². The highest BCUT2D eigenvalue weighted by Crippen LogP contribution is 2.26. The third-order valence-corrected chi connectivity index (χ3v) is 7.07. The Bertz CT molecular complexity index is 2170. The quantitative estimate of drug-likeness (QED) is 0.292. The molecule has 1 amide bonds. The molecule has 0 saturated carbocycles. The van der Waals surface area contributed by atoms with Crippen molar-refractivity contribution in [2.45, 2.75) is 6.54 Å². The topological polar surface area (TPSA) is 142 Å². The number of benzene rings is 3. The van der Waals surface area contributed by atoms with Gasteiger partial charge >= 0.3 is 11.7 Å². The number of nitriles is 1. The number of carbonyl (C=O) groups excluding carboxylic acids is 1. The number of carbonyl (C=O) groups is 1. The molecule has 3 aromatic carbocycles. The van der Waals surface area contributed by atoms with Gasteiger partial charge in [0.05, 0.1) is 5.69 Å². The Morgan fingerprint density at radius 3 is 2.45 bits per heavy atom. The Hall–Kier alpha value is -6.12. The first-order chi connectivity index (χ1) is 21.3. The summed E-state index contributed by atoms with van der Waals surface area (Å²) >= 11 is 0. The Morgan fingerprint density at radius 1 is 0.955 bits per heavy atom. The number of H-pyrrole nitrogens is 1. The molecule has 44 heavy (non-hydrogen) atoms. The fraction of sp³-hybridized carbons (Fsp3) is 0.0909. The molecule has 6 aromatic rings.